The van der Waals surface area contributed by atoms with E-state index in [0.717, 1.165) is 21.9 Å². The number of esters is 1. The van der Waals surface area contributed by atoms with Crippen LogP contribution in [0.15, 0.2) is 60.7 Å². The monoisotopic (exact) mass is 316 g/mol. The van der Waals surface area contributed by atoms with Crippen LogP contribution in [0.3, 0.4) is 0 Å². The second kappa shape index (κ2) is 6.71. The Morgan fingerprint density at radius 3 is 2.21 bits per heavy atom. The third kappa shape index (κ3) is 3.38. The van der Waals surface area contributed by atoms with Gasteiger partial charge in [-0.3, -0.25) is 0 Å². The largest absolute Gasteiger partial charge is 0.465 e. The topological polar surface area (TPSA) is 26.3 Å². The highest BCUT2D eigenvalue weighted by Crippen LogP contribution is 2.25. The lowest BCUT2D eigenvalue weighted by Crippen LogP contribution is -2.04. The van der Waals surface area contributed by atoms with E-state index in [4.69, 9.17) is 4.74 Å². The van der Waals surface area contributed by atoms with Gasteiger partial charge in [-0.15, -0.1) is 0 Å². The zero-order chi connectivity index (χ0) is 17.1. The molecule has 24 heavy (non-hydrogen) atoms. The standard InChI is InChI=1S/C22H20O2/c1-15-10-16(2)12-17(11-15)13-21(22(23)24-3)20-9-8-18-6-4-5-7-19(18)14-20/h4-14H,1-3H3/b21-13+. The van der Waals surface area contributed by atoms with Crippen LogP contribution in [-0.4, -0.2) is 13.1 Å². The first-order chi connectivity index (χ1) is 11.6. The molecule has 0 radical (unpaired) electrons. The summed E-state index contributed by atoms with van der Waals surface area (Å²) >= 11 is 0. The molecule has 2 nitrogen and oxygen atoms in total. The molecule has 0 saturated carbocycles. The summed E-state index contributed by atoms with van der Waals surface area (Å²) < 4.78 is 5.00. The van der Waals surface area contributed by atoms with Crippen molar-refractivity contribution in [2.24, 2.45) is 0 Å². The normalized spacial score (nSPS) is 11.5. The Labute approximate surface area is 142 Å². The lowest BCUT2D eigenvalue weighted by Gasteiger charge is -2.09. The molecule has 0 heterocycles. The van der Waals surface area contributed by atoms with Crippen molar-refractivity contribution < 1.29 is 9.53 Å². The number of benzene rings is 3. The van der Waals surface area contributed by atoms with E-state index in [-0.39, 0.29) is 5.97 Å². The molecule has 0 aromatic heterocycles. The Hall–Kier alpha value is -2.87. The molecule has 0 aliphatic heterocycles. The quantitative estimate of drug-likeness (QED) is 0.378. The molecule has 0 aliphatic rings. The van der Waals surface area contributed by atoms with Crippen molar-refractivity contribution in [1.82, 2.24) is 0 Å². The predicted octanol–water partition coefficient (Wildman–Crippen LogP) is 5.17. The number of hydrogen-bond donors (Lipinski definition) is 0. The number of carbonyl (C=O) groups is 1. The highest BCUT2D eigenvalue weighted by molar-refractivity contribution is 6.22. The van der Waals surface area contributed by atoms with Crippen LogP contribution in [0.4, 0.5) is 0 Å². The van der Waals surface area contributed by atoms with Gasteiger partial charge < -0.3 is 4.74 Å². The van der Waals surface area contributed by atoms with Gasteiger partial charge in [-0.05, 0) is 47.9 Å². The van der Waals surface area contributed by atoms with Crippen molar-refractivity contribution in [1.29, 1.82) is 0 Å². The molecule has 0 fully saturated rings. The fourth-order valence-corrected chi connectivity index (χ4v) is 2.99. The molecule has 3 aromatic rings. The van der Waals surface area contributed by atoms with Gasteiger partial charge in [0.2, 0.25) is 0 Å². The van der Waals surface area contributed by atoms with Crippen molar-refractivity contribution in [3.8, 4) is 0 Å². The molecular formula is C22H20O2. The number of fused-ring (bicyclic) bond motifs is 1. The van der Waals surface area contributed by atoms with Crippen LogP contribution in [0.1, 0.15) is 22.3 Å². The number of carbonyl (C=O) groups excluding carboxylic acids is 1. The van der Waals surface area contributed by atoms with E-state index < -0.39 is 0 Å². The predicted molar refractivity (Wildman–Crippen MR) is 99.8 cm³/mol. The summed E-state index contributed by atoms with van der Waals surface area (Å²) in [5.74, 6) is -0.329. The molecule has 0 amide bonds. The Kier molecular flexibility index (Phi) is 4.48. The zero-order valence-electron chi connectivity index (χ0n) is 14.2. The molecule has 0 saturated heterocycles. The molecule has 2 heteroatoms. The van der Waals surface area contributed by atoms with E-state index in [2.05, 4.69) is 38.1 Å². The second-order valence-electron chi connectivity index (χ2n) is 6.03. The third-order valence-corrected chi connectivity index (χ3v) is 4.02. The number of methoxy groups -OCH3 is 1. The van der Waals surface area contributed by atoms with Gasteiger partial charge in [0.05, 0.1) is 12.7 Å². The molecule has 0 aliphatic carbocycles. The minimum Gasteiger partial charge on any atom is -0.465 e. The first-order valence-corrected chi connectivity index (χ1v) is 7.94. The third-order valence-electron chi connectivity index (χ3n) is 4.02. The zero-order valence-corrected chi connectivity index (χ0v) is 14.2. The smallest absolute Gasteiger partial charge is 0.338 e. The maximum Gasteiger partial charge on any atom is 0.338 e. The van der Waals surface area contributed by atoms with Gasteiger partial charge in [0, 0.05) is 0 Å². The molecule has 120 valence electrons. The highest BCUT2D eigenvalue weighted by Gasteiger charge is 2.13. The summed E-state index contributed by atoms with van der Waals surface area (Å²) in [6.07, 6.45) is 1.90. The van der Waals surface area contributed by atoms with Crippen LogP contribution in [0.5, 0.6) is 0 Å². The summed E-state index contributed by atoms with van der Waals surface area (Å²) in [7, 11) is 1.42. The van der Waals surface area contributed by atoms with Crippen molar-refractivity contribution in [3.05, 3.63) is 82.9 Å². The van der Waals surface area contributed by atoms with E-state index in [0.29, 0.717) is 5.57 Å². The van der Waals surface area contributed by atoms with E-state index in [9.17, 15) is 4.79 Å². The van der Waals surface area contributed by atoms with E-state index >= 15 is 0 Å². The van der Waals surface area contributed by atoms with Crippen LogP contribution in [0, 0.1) is 13.8 Å². The van der Waals surface area contributed by atoms with Gasteiger partial charge in [0.15, 0.2) is 0 Å². The summed E-state index contributed by atoms with van der Waals surface area (Å²) in [6, 6.07) is 20.4. The average molecular weight is 316 g/mol. The molecule has 0 bridgehead atoms. The number of rotatable bonds is 3. The number of aryl methyl sites for hydroxylation is 2. The summed E-state index contributed by atoms with van der Waals surface area (Å²) in [5, 5.41) is 2.25. The summed E-state index contributed by atoms with van der Waals surface area (Å²) in [5.41, 5.74) is 4.77. The summed E-state index contributed by atoms with van der Waals surface area (Å²) in [6.45, 7) is 4.11. The van der Waals surface area contributed by atoms with Gasteiger partial charge in [-0.1, -0.05) is 65.7 Å². The molecule has 0 spiro atoms. The Morgan fingerprint density at radius 1 is 0.875 bits per heavy atom. The fourth-order valence-electron chi connectivity index (χ4n) is 2.99. The highest BCUT2D eigenvalue weighted by atomic mass is 16.5. The van der Waals surface area contributed by atoms with E-state index in [1.807, 2.05) is 42.5 Å². The van der Waals surface area contributed by atoms with Crippen LogP contribution >= 0.6 is 0 Å². The molecular weight excluding hydrogens is 296 g/mol. The molecule has 0 N–H and O–H groups in total. The fraction of sp³-hybridized carbons (Fsp3) is 0.136. The minimum atomic E-state index is -0.329. The number of hydrogen-bond acceptors (Lipinski definition) is 2. The van der Waals surface area contributed by atoms with Gasteiger partial charge >= 0.3 is 5.97 Å². The first kappa shape index (κ1) is 16.0. The number of ether oxygens (including phenoxy) is 1. The van der Waals surface area contributed by atoms with Crippen LogP contribution in [-0.2, 0) is 9.53 Å². The van der Waals surface area contributed by atoms with Crippen molar-refractivity contribution >= 4 is 28.4 Å². The lowest BCUT2D eigenvalue weighted by atomic mass is 9.98. The average Bonchev–Trinajstić information content (AvgIpc) is 2.58. The van der Waals surface area contributed by atoms with Gasteiger partial charge in [0.25, 0.3) is 0 Å². The van der Waals surface area contributed by atoms with Crippen molar-refractivity contribution in [3.63, 3.8) is 0 Å². The van der Waals surface area contributed by atoms with Crippen molar-refractivity contribution in [2.75, 3.05) is 7.11 Å². The van der Waals surface area contributed by atoms with Crippen LogP contribution in [0.2, 0.25) is 0 Å². The molecule has 0 unspecified atom stereocenters. The molecule has 0 atom stereocenters. The van der Waals surface area contributed by atoms with Gasteiger partial charge in [-0.25, -0.2) is 4.79 Å². The van der Waals surface area contributed by atoms with Gasteiger partial charge in [-0.2, -0.15) is 0 Å². The van der Waals surface area contributed by atoms with Gasteiger partial charge in [0.1, 0.15) is 0 Å². The summed E-state index contributed by atoms with van der Waals surface area (Å²) in [4.78, 5) is 12.3. The van der Waals surface area contributed by atoms with Crippen LogP contribution < -0.4 is 0 Å². The maximum atomic E-state index is 12.3. The minimum absolute atomic E-state index is 0.329. The maximum absolute atomic E-state index is 12.3. The van der Waals surface area contributed by atoms with E-state index in [1.165, 1.54) is 18.2 Å². The van der Waals surface area contributed by atoms with Crippen molar-refractivity contribution in [2.45, 2.75) is 13.8 Å². The second-order valence-corrected chi connectivity index (χ2v) is 6.03. The van der Waals surface area contributed by atoms with Crippen LogP contribution in [0.25, 0.3) is 22.4 Å². The Bertz CT molecular complexity index is 915. The molecule has 3 aromatic carbocycles. The Morgan fingerprint density at radius 2 is 1.54 bits per heavy atom. The Balaban J connectivity index is 2.14. The van der Waals surface area contributed by atoms with E-state index in [1.54, 1.807) is 0 Å². The lowest BCUT2D eigenvalue weighted by molar-refractivity contribution is -0.133. The first-order valence-electron chi connectivity index (χ1n) is 7.94. The molecule has 3 rings (SSSR count). The SMILES string of the molecule is COC(=O)/C(=C/c1cc(C)cc(C)c1)c1ccc2ccccc2c1.